The molecule has 4 rings (SSSR count). The number of hydrogen-bond donors (Lipinski definition) is 0. The average Bonchev–Trinajstić information content (AvgIpc) is 2.82. The van der Waals surface area contributed by atoms with Crippen LogP contribution in [0, 0.1) is 11.6 Å². The molecule has 32 heavy (non-hydrogen) atoms. The molecular weight excluding hydrogens is 418 g/mol. The average molecular weight is 446 g/mol. The number of anilines is 1. The van der Waals surface area contributed by atoms with Crippen LogP contribution in [0.1, 0.15) is 30.1 Å². The quantitative estimate of drug-likeness (QED) is 0.453. The Labute approximate surface area is 186 Å². The highest BCUT2D eigenvalue weighted by Gasteiger charge is 2.23. The highest BCUT2D eigenvalue weighted by molar-refractivity contribution is 5.96. The SMILES string of the molecule is CCC(=O)c1cc(F)c(OCCCN2CCN(c3cccc4c3OCCO4)CC2)c(F)c1. The van der Waals surface area contributed by atoms with Crippen LogP contribution in [0.25, 0.3) is 0 Å². The monoisotopic (exact) mass is 446 g/mol. The number of nitrogens with zero attached hydrogens (tertiary/aromatic N) is 2. The van der Waals surface area contributed by atoms with Crippen LogP contribution in [0.3, 0.4) is 0 Å². The van der Waals surface area contributed by atoms with E-state index in [2.05, 4.69) is 15.9 Å². The van der Waals surface area contributed by atoms with E-state index in [-0.39, 0.29) is 24.4 Å². The highest BCUT2D eigenvalue weighted by Crippen LogP contribution is 2.39. The first kappa shape index (κ1) is 22.3. The molecule has 2 heterocycles. The van der Waals surface area contributed by atoms with Crippen LogP contribution >= 0.6 is 0 Å². The summed E-state index contributed by atoms with van der Waals surface area (Å²) in [5.41, 5.74) is 1.09. The zero-order chi connectivity index (χ0) is 22.5. The summed E-state index contributed by atoms with van der Waals surface area (Å²) in [6.45, 7) is 7.22. The van der Waals surface area contributed by atoms with Crippen molar-refractivity contribution in [3.63, 3.8) is 0 Å². The summed E-state index contributed by atoms with van der Waals surface area (Å²) >= 11 is 0. The molecule has 1 saturated heterocycles. The molecule has 1 fully saturated rings. The van der Waals surface area contributed by atoms with E-state index in [1.54, 1.807) is 6.92 Å². The second-order valence-corrected chi connectivity index (χ2v) is 7.88. The van der Waals surface area contributed by atoms with Gasteiger partial charge in [-0.25, -0.2) is 8.78 Å². The largest absolute Gasteiger partial charge is 0.488 e. The van der Waals surface area contributed by atoms with Crippen molar-refractivity contribution >= 4 is 11.5 Å². The molecule has 2 aliphatic heterocycles. The number of piperazine rings is 1. The van der Waals surface area contributed by atoms with Gasteiger partial charge in [0.1, 0.15) is 13.2 Å². The Hall–Kier alpha value is -2.87. The van der Waals surface area contributed by atoms with Gasteiger partial charge in [0.05, 0.1) is 12.3 Å². The fraction of sp³-hybridized carbons (Fsp3) is 0.458. The highest BCUT2D eigenvalue weighted by atomic mass is 19.1. The van der Waals surface area contributed by atoms with Crippen molar-refractivity contribution in [2.24, 2.45) is 0 Å². The van der Waals surface area contributed by atoms with Crippen LogP contribution in [-0.4, -0.2) is 63.2 Å². The normalized spacial score (nSPS) is 16.2. The van der Waals surface area contributed by atoms with Gasteiger partial charge in [0.25, 0.3) is 0 Å². The number of ketones is 1. The van der Waals surface area contributed by atoms with Gasteiger partial charge in [-0.3, -0.25) is 9.69 Å². The fourth-order valence-electron chi connectivity index (χ4n) is 4.05. The molecule has 0 atom stereocenters. The minimum absolute atomic E-state index is 0.0318. The third kappa shape index (κ3) is 4.96. The first-order valence-corrected chi connectivity index (χ1v) is 11.1. The molecule has 0 saturated carbocycles. The second-order valence-electron chi connectivity index (χ2n) is 7.88. The smallest absolute Gasteiger partial charge is 0.190 e. The van der Waals surface area contributed by atoms with Gasteiger partial charge in [-0.1, -0.05) is 13.0 Å². The lowest BCUT2D eigenvalue weighted by molar-refractivity contribution is 0.0987. The number of fused-ring (bicyclic) bond motifs is 1. The van der Waals surface area contributed by atoms with Crippen LogP contribution in [-0.2, 0) is 0 Å². The maximum Gasteiger partial charge on any atom is 0.190 e. The van der Waals surface area contributed by atoms with E-state index < -0.39 is 17.4 Å². The van der Waals surface area contributed by atoms with Gasteiger partial charge in [0.2, 0.25) is 0 Å². The van der Waals surface area contributed by atoms with Crippen LogP contribution in [0.2, 0.25) is 0 Å². The number of Topliss-reactive ketones (excluding diaryl/α,β-unsaturated/α-hetero) is 1. The van der Waals surface area contributed by atoms with Crippen molar-refractivity contribution in [3.8, 4) is 17.2 Å². The number of carbonyl (C=O) groups excluding carboxylic acids is 1. The number of para-hydroxylation sites is 1. The van der Waals surface area contributed by atoms with Gasteiger partial charge in [-0.15, -0.1) is 0 Å². The van der Waals surface area contributed by atoms with Crippen molar-refractivity contribution in [1.82, 2.24) is 4.90 Å². The van der Waals surface area contributed by atoms with Gasteiger partial charge in [0.15, 0.2) is 34.7 Å². The number of hydrogen-bond acceptors (Lipinski definition) is 6. The van der Waals surface area contributed by atoms with Crippen molar-refractivity contribution < 1.29 is 27.8 Å². The maximum absolute atomic E-state index is 14.2. The Morgan fingerprint density at radius 3 is 2.50 bits per heavy atom. The Balaban J connectivity index is 1.24. The summed E-state index contributed by atoms with van der Waals surface area (Å²) < 4.78 is 45.2. The maximum atomic E-state index is 14.2. The zero-order valence-corrected chi connectivity index (χ0v) is 18.2. The van der Waals surface area contributed by atoms with Crippen LogP contribution in [0.5, 0.6) is 17.2 Å². The summed E-state index contributed by atoms with van der Waals surface area (Å²) in [5, 5.41) is 0. The molecule has 2 aromatic rings. The summed E-state index contributed by atoms with van der Waals surface area (Å²) in [4.78, 5) is 16.3. The van der Waals surface area contributed by atoms with Gasteiger partial charge in [-0.2, -0.15) is 0 Å². The van der Waals surface area contributed by atoms with E-state index >= 15 is 0 Å². The first-order valence-electron chi connectivity index (χ1n) is 11.1. The Morgan fingerprint density at radius 1 is 1.06 bits per heavy atom. The lowest BCUT2D eigenvalue weighted by Crippen LogP contribution is -2.47. The molecule has 0 amide bonds. The molecule has 2 aromatic carbocycles. The Bertz CT molecular complexity index is 938. The molecule has 0 radical (unpaired) electrons. The lowest BCUT2D eigenvalue weighted by Gasteiger charge is -2.37. The number of halogens is 2. The summed E-state index contributed by atoms with van der Waals surface area (Å²) in [5.74, 6) is -0.793. The predicted octanol–water partition coefficient (Wildman–Crippen LogP) is 3.92. The van der Waals surface area contributed by atoms with E-state index in [1.165, 1.54) is 0 Å². The standard InChI is InChI=1S/C24H28F2N2O4/c1-2-21(29)17-15-18(25)23(19(26)16-17)31-12-4-7-27-8-10-28(11-9-27)20-5-3-6-22-24(20)32-14-13-30-22/h3,5-6,15-16H,2,4,7-14H2,1H3. The van der Waals surface area contributed by atoms with E-state index in [0.29, 0.717) is 19.6 Å². The Morgan fingerprint density at radius 2 is 1.78 bits per heavy atom. The molecule has 2 aliphatic rings. The minimum Gasteiger partial charge on any atom is -0.488 e. The molecule has 8 heteroatoms. The Kier molecular flexibility index (Phi) is 7.09. The van der Waals surface area contributed by atoms with Gasteiger partial charge >= 0.3 is 0 Å². The van der Waals surface area contributed by atoms with Gasteiger partial charge < -0.3 is 19.1 Å². The van der Waals surface area contributed by atoms with E-state index in [9.17, 15) is 13.6 Å². The minimum atomic E-state index is -0.840. The van der Waals surface area contributed by atoms with Gasteiger partial charge in [0, 0.05) is 44.7 Å². The van der Waals surface area contributed by atoms with Crippen molar-refractivity contribution in [2.45, 2.75) is 19.8 Å². The van der Waals surface area contributed by atoms with Crippen LogP contribution < -0.4 is 19.1 Å². The molecule has 0 aromatic heterocycles. The van der Waals surface area contributed by atoms with Crippen molar-refractivity contribution in [3.05, 3.63) is 47.5 Å². The second kappa shape index (κ2) is 10.2. The molecule has 0 unspecified atom stereocenters. The third-order valence-electron chi connectivity index (χ3n) is 5.76. The number of rotatable bonds is 8. The van der Waals surface area contributed by atoms with Crippen LogP contribution in [0.4, 0.5) is 14.5 Å². The predicted molar refractivity (Wildman–Crippen MR) is 117 cm³/mol. The fourth-order valence-corrected chi connectivity index (χ4v) is 4.05. The summed E-state index contributed by atoms with van der Waals surface area (Å²) in [6.07, 6.45) is 0.839. The number of benzene rings is 2. The molecule has 0 bridgehead atoms. The molecule has 0 N–H and O–H groups in total. The number of carbonyl (C=O) groups is 1. The van der Waals surface area contributed by atoms with E-state index in [4.69, 9.17) is 14.2 Å². The van der Waals surface area contributed by atoms with Crippen LogP contribution in [0.15, 0.2) is 30.3 Å². The van der Waals surface area contributed by atoms with Crippen molar-refractivity contribution in [1.29, 1.82) is 0 Å². The zero-order valence-electron chi connectivity index (χ0n) is 18.2. The molecule has 0 aliphatic carbocycles. The first-order chi connectivity index (χ1) is 15.6. The molecular formula is C24H28F2N2O4. The third-order valence-corrected chi connectivity index (χ3v) is 5.76. The number of ether oxygens (including phenoxy) is 3. The lowest BCUT2D eigenvalue weighted by atomic mass is 10.1. The molecule has 172 valence electrons. The molecule has 6 nitrogen and oxygen atoms in total. The summed E-state index contributed by atoms with van der Waals surface area (Å²) in [7, 11) is 0. The van der Waals surface area contributed by atoms with Gasteiger partial charge in [-0.05, 0) is 30.7 Å². The topological polar surface area (TPSA) is 51.2 Å². The van der Waals surface area contributed by atoms with Crippen molar-refractivity contribution in [2.75, 3.05) is 57.4 Å². The van der Waals surface area contributed by atoms with E-state index in [0.717, 1.165) is 62.0 Å². The summed E-state index contributed by atoms with van der Waals surface area (Å²) in [6, 6.07) is 8.05. The molecule has 0 spiro atoms. The van der Waals surface area contributed by atoms with E-state index in [1.807, 2.05) is 12.1 Å².